The van der Waals surface area contributed by atoms with Crippen molar-refractivity contribution in [1.29, 1.82) is 0 Å². The number of nitrogens with zero attached hydrogens (tertiary/aromatic N) is 1. The Bertz CT molecular complexity index is 1230. The first kappa shape index (κ1) is 68.7. The molecule has 1 amide bonds. The zero-order valence-corrected chi connectivity index (χ0v) is 48.1. The van der Waals surface area contributed by atoms with Crippen LogP contribution in [0.4, 0.5) is 0 Å². The first-order valence-electron chi connectivity index (χ1n) is 30.4. The van der Waals surface area contributed by atoms with Gasteiger partial charge in [0.25, 0.3) is 7.82 Å². The minimum absolute atomic E-state index is 0.000209. The van der Waals surface area contributed by atoms with Gasteiger partial charge in [-0.3, -0.25) is 9.36 Å². The average molecular weight is 1010 g/mol. The maximum absolute atomic E-state index is 12.9. The molecule has 0 rings (SSSR count). The van der Waals surface area contributed by atoms with E-state index in [1.807, 2.05) is 27.2 Å². The quantitative estimate of drug-likeness (QED) is 0.0272. The van der Waals surface area contributed by atoms with Crippen LogP contribution in [0, 0.1) is 0 Å². The predicted molar refractivity (Wildman–Crippen MR) is 302 cm³/mol. The molecular weight excluding hydrogens is 888 g/mol. The zero-order chi connectivity index (χ0) is 51.3. The van der Waals surface area contributed by atoms with Crippen LogP contribution >= 0.6 is 7.82 Å². The van der Waals surface area contributed by atoms with E-state index in [4.69, 9.17) is 9.05 Å². The molecular formula is C61H119N2O6P. The van der Waals surface area contributed by atoms with E-state index in [0.717, 1.165) is 44.9 Å². The van der Waals surface area contributed by atoms with E-state index in [9.17, 15) is 19.4 Å². The Morgan fingerprint density at radius 2 is 0.829 bits per heavy atom. The molecule has 3 unspecified atom stereocenters. The molecule has 70 heavy (non-hydrogen) atoms. The smallest absolute Gasteiger partial charge is 0.268 e. The maximum Gasteiger partial charge on any atom is 0.268 e. The summed E-state index contributed by atoms with van der Waals surface area (Å²) in [6, 6.07) is -0.884. The van der Waals surface area contributed by atoms with Crippen molar-refractivity contribution in [2.75, 3.05) is 40.9 Å². The normalized spacial score (nSPS) is 14.1. The summed E-state index contributed by atoms with van der Waals surface area (Å²) < 4.78 is 23.3. The number of phosphoric ester groups is 1. The van der Waals surface area contributed by atoms with Gasteiger partial charge in [0.2, 0.25) is 5.91 Å². The standard InChI is InChI=1S/C61H119N2O6P/c1-6-8-10-12-14-16-18-20-21-22-23-24-25-26-27-28-29-30-31-32-33-34-35-36-37-38-39-40-41-43-45-47-49-51-53-55-61(65)62-59(58-69-70(66,67)68-57-56-63(3,4)5)60(64)54-52-50-48-46-44-42-19-17-15-13-11-9-7-2/h25-26,28-29,52,54,59-60,64H,6-24,27,30-51,53,55-58H2,1-5H3,(H-,62,65,66,67)/b26-25-,29-28-,54-52+. The van der Waals surface area contributed by atoms with Crippen LogP contribution in [0.5, 0.6) is 0 Å². The third-order valence-electron chi connectivity index (χ3n) is 13.8. The number of rotatable bonds is 56. The SMILES string of the molecule is CCCCCCCCCCCCC/C=C\C/C=C\CCCCCCCCCCCCCCCCCCCC(=O)NC(COP(=O)([O-])OCC[N+](C)(C)C)C(O)/C=C/CCCCCCCCCCCCC. The van der Waals surface area contributed by atoms with E-state index in [1.165, 1.54) is 231 Å². The van der Waals surface area contributed by atoms with Gasteiger partial charge < -0.3 is 28.8 Å². The van der Waals surface area contributed by atoms with Crippen LogP contribution < -0.4 is 10.2 Å². The lowest BCUT2D eigenvalue weighted by molar-refractivity contribution is -0.870. The number of carbonyl (C=O) groups is 1. The van der Waals surface area contributed by atoms with Crippen molar-refractivity contribution in [3.05, 3.63) is 36.5 Å². The molecule has 8 nitrogen and oxygen atoms in total. The van der Waals surface area contributed by atoms with E-state index < -0.39 is 20.0 Å². The van der Waals surface area contributed by atoms with E-state index in [1.54, 1.807) is 6.08 Å². The summed E-state index contributed by atoms with van der Waals surface area (Å²) in [5, 5.41) is 13.8. The van der Waals surface area contributed by atoms with Crippen LogP contribution in [-0.4, -0.2) is 68.5 Å². The molecule has 0 heterocycles. The van der Waals surface area contributed by atoms with Crippen LogP contribution in [0.15, 0.2) is 36.5 Å². The van der Waals surface area contributed by atoms with Gasteiger partial charge in [-0.15, -0.1) is 0 Å². The Morgan fingerprint density at radius 3 is 1.19 bits per heavy atom. The van der Waals surface area contributed by atoms with Gasteiger partial charge in [-0.05, 0) is 51.4 Å². The fourth-order valence-electron chi connectivity index (χ4n) is 9.07. The molecule has 9 heteroatoms. The summed E-state index contributed by atoms with van der Waals surface area (Å²) in [4.78, 5) is 25.5. The molecule has 0 aliphatic heterocycles. The van der Waals surface area contributed by atoms with Gasteiger partial charge in [0.15, 0.2) is 0 Å². The Morgan fingerprint density at radius 1 is 0.500 bits per heavy atom. The number of nitrogens with one attached hydrogen (secondary N) is 1. The summed E-state index contributed by atoms with van der Waals surface area (Å²) in [5.41, 5.74) is 0. The first-order valence-corrected chi connectivity index (χ1v) is 31.8. The number of hydrogen-bond donors (Lipinski definition) is 2. The van der Waals surface area contributed by atoms with Gasteiger partial charge in [0.1, 0.15) is 13.2 Å². The van der Waals surface area contributed by atoms with Gasteiger partial charge >= 0.3 is 0 Å². The van der Waals surface area contributed by atoms with Crippen molar-refractivity contribution in [2.24, 2.45) is 0 Å². The topological polar surface area (TPSA) is 108 Å². The second-order valence-electron chi connectivity index (χ2n) is 22.1. The van der Waals surface area contributed by atoms with Crippen LogP contribution in [0.25, 0.3) is 0 Å². The number of hydrogen-bond acceptors (Lipinski definition) is 6. The summed E-state index contributed by atoms with van der Waals surface area (Å²) in [6.07, 6.45) is 68.2. The Kier molecular flexibility index (Phi) is 51.6. The lowest BCUT2D eigenvalue weighted by Crippen LogP contribution is -2.45. The Balaban J connectivity index is 3.96. The van der Waals surface area contributed by atoms with Crippen LogP contribution in [0.3, 0.4) is 0 Å². The molecule has 0 aromatic carbocycles. The molecule has 0 saturated heterocycles. The maximum atomic E-state index is 12.9. The number of likely N-dealkylation sites (N-methyl/N-ethyl adjacent to an activating group) is 1. The highest BCUT2D eigenvalue weighted by Gasteiger charge is 2.23. The average Bonchev–Trinajstić information content (AvgIpc) is 3.32. The number of quaternary nitrogens is 1. The second-order valence-corrected chi connectivity index (χ2v) is 23.5. The van der Waals surface area contributed by atoms with Crippen molar-refractivity contribution in [3.8, 4) is 0 Å². The van der Waals surface area contributed by atoms with Crippen LogP contribution in [-0.2, 0) is 18.4 Å². The number of aliphatic hydroxyl groups excluding tert-OH is 1. The van der Waals surface area contributed by atoms with Gasteiger partial charge in [0, 0.05) is 6.42 Å². The number of unbranched alkanes of at least 4 members (excludes halogenated alkanes) is 39. The first-order chi connectivity index (χ1) is 34.0. The van der Waals surface area contributed by atoms with Crippen molar-refractivity contribution >= 4 is 13.7 Å². The van der Waals surface area contributed by atoms with E-state index in [0.29, 0.717) is 17.4 Å². The van der Waals surface area contributed by atoms with Gasteiger partial charge in [-0.25, -0.2) is 0 Å². The minimum Gasteiger partial charge on any atom is -0.756 e. The largest absolute Gasteiger partial charge is 0.756 e. The third kappa shape index (κ3) is 54.5. The van der Waals surface area contributed by atoms with E-state index in [-0.39, 0.29) is 19.1 Å². The van der Waals surface area contributed by atoms with E-state index in [2.05, 4.69) is 43.5 Å². The number of amides is 1. The second kappa shape index (κ2) is 52.6. The molecule has 0 saturated carbocycles. The molecule has 0 spiro atoms. The number of allylic oxidation sites excluding steroid dienone is 5. The zero-order valence-electron chi connectivity index (χ0n) is 47.2. The molecule has 0 aliphatic carbocycles. The monoisotopic (exact) mass is 1010 g/mol. The molecule has 2 N–H and O–H groups in total. The summed E-state index contributed by atoms with van der Waals surface area (Å²) in [7, 11) is 1.27. The van der Waals surface area contributed by atoms with Crippen molar-refractivity contribution < 1.29 is 32.9 Å². The fraction of sp³-hybridized carbons (Fsp3) is 0.885. The molecule has 414 valence electrons. The number of carbonyl (C=O) groups excluding carboxylic acids is 1. The summed E-state index contributed by atoms with van der Waals surface area (Å²) in [5.74, 6) is -0.194. The molecule has 0 aliphatic rings. The van der Waals surface area contributed by atoms with Crippen molar-refractivity contribution in [2.45, 2.75) is 309 Å². The fourth-order valence-corrected chi connectivity index (χ4v) is 9.79. The van der Waals surface area contributed by atoms with Gasteiger partial charge in [0.05, 0.1) is 39.9 Å². The molecule has 0 aromatic heterocycles. The lowest BCUT2D eigenvalue weighted by atomic mass is 10.0. The number of aliphatic hydroxyl groups is 1. The highest BCUT2D eigenvalue weighted by molar-refractivity contribution is 7.45. The molecule has 0 aromatic rings. The highest BCUT2D eigenvalue weighted by atomic mass is 31.2. The third-order valence-corrected chi connectivity index (χ3v) is 14.8. The van der Waals surface area contributed by atoms with Crippen LogP contribution in [0.1, 0.15) is 296 Å². The van der Waals surface area contributed by atoms with Gasteiger partial charge in [-0.1, -0.05) is 275 Å². The summed E-state index contributed by atoms with van der Waals surface area (Å²) in [6.45, 7) is 4.67. The molecule has 0 fully saturated rings. The Hall–Kier alpha value is -1.28. The van der Waals surface area contributed by atoms with E-state index >= 15 is 0 Å². The number of phosphoric acid groups is 1. The highest BCUT2D eigenvalue weighted by Crippen LogP contribution is 2.38. The molecule has 0 radical (unpaired) electrons. The van der Waals surface area contributed by atoms with Crippen molar-refractivity contribution in [1.82, 2.24) is 5.32 Å². The minimum atomic E-state index is -4.59. The molecule has 0 bridgehead atoms. The van der Waals surface area contributed by atoms with Crippen molar-refractivity contribution in [3.63, 3.8) is 0 Å². The lowest BCUT2D eigenvalue weighted by Gasteiger charge is -2.29. The predicted octanol–water partition coefficient (Wildman–Crippen LogP) is 17.9. The Labute approximate surface area is 436 Å². The van der Waals surface area contributed by atoms with Crippen LogP contribution in [0.2, 0.25) is 0 Å². The van der Waals surface area contributed by atoms with Gasteiger partial charge in [-0.2, -0.15) is 0 Å². The molecule has 3 atom stereocenters. The summed E-state index contributed by atoms with van der Waals surface area (Å²) >= 11 is 0.